The summed E-state index contributed by atoms with van der Waals surface area (Å²) in [7, 11) is -0.265. The first-order valence-corrected chi connectivity index (χ1v) is 3.90. The predicted molar refractivity (Wildman–Crippen MR) is 24.7 cm³/mol. The van der Waals surface area contributed by atoms with Crippen LogP contribution < -0.4 is 0 Å². The minimum atomic E-state index is -0.265. The van der Waals surface area contributed by atoms with Gasteiger partial charge in [-0.15, -0.1) is 0 Å². The molecule has 5 heavy (non-hydrogen) atoms. The third kappa shape index (κ3) is 4.36. The maximum atomic E-state index is 11.1. The van der Waals surface area contributed by atoms with Crippen molar-refractivity contribution in [2.75, 3.05) is 19.7 Å². The molecule has 0 saturated carbocycles. The molecule has 0 unspecified atom stereocenters. The van der Waals surface area contributed by atoms with Crippen LogP contribution in [0.15, 0.2) is 0 Å². The van der Waals surface area contributed by atoms with Crippen molar-refractivity contribution >= 4 is 7.92 Å². The van der Waals surface area contributed by atoms with Crippen LogP contribution >= 0.6 is 7.92 Å². The summed E-state index contributed by atoms with van der Waals surface area (Å²) < 4.78 is 11.1. The first-order valence-electron chi connectivity index (χ1n) is 1.48. The Morgan fingerprint density at radius 1 is 1.60 bits per heavy atom. The summed E-state index contributed by atoms with van der Waals surface area (Å²) in [5.41, 5.74) is 0. The van der Waals surface area contributed by atoms with Crippen LogP contribution in [0.2, 0.25) is 0 Å². The van der Waals surface area contributed by atoms with Gasteiger partial charge in [-0.1, -0.05) is 7.92 Å². The summed E-state index contributed by atoms with van der Waals surface area (Å²) in [6.45, 7) is 3.82. The lowest BCUT2D eigenvalue weighted by Crippen LogP contribution is -1.62. The van der Waals surface area contributed by atoms with Crippen molar-refractivity contribution < 1.29 is 4.39 Å². The van der Waals surface area contributed by atoms with Crippen molar-refractivity contribution in [1.82, 2.24) is 0 Å². The van der Waals surface area contributed by atoms with Crippen LogP contribution in [0.4, 0.5) is 4.39 Å². The van der Waals surface area contributed by atoms with Gasteiger partial charge in [0.25, 0.3) is 0 Å². The van der Waals surface area contributed by atoms with Crippen molar-refractivity contribution in [3.8, 4) is 0 Å². The molecule has 0 amide bonds. The van der Waals surface area contributed by atoms with E-state index < -0.39 is 0 Å². The maximum absolute atomic E-state index is 11.1. The lowest BCUT2D eigenvalue weighted by atomic mass is 11.8. The van der Waals surface area contributed by atoms with E-state index in [-0.39, 0.29) is 14.3 Å². The highest BCUT2D eigenvalue weighted by molar-refractivity contribution is 7.55. The Morgan fingerprint density at radius 3 is 1.80 bits per heavy atom. The van der Waals surface area contributed by atoms with Gasteiger partial charge in [0.05, 0.1) is 0 Å². The SMILES string of the molecule is CP(C)CF. The molecule has 0 rings (SSSR count). The topological polar surface area (TPSA) is 0 Å². The summed E-state index contributed by atoms with van der Waals surface area (Å²) in [4.78, 5) is 0. The first kappa shape index (κ1) is 5.36. The van der Waals surface area contributed by atoms with Crippen molar-refractivity contribution in [2.45, 2.75) is 0 Å². The molecule has 2 heteroatoms. The van der Waals surface area contributed by atoms with E-state index in [4.69, 9.17) is 0 Å². The van der Waals surface area contributed by atoms with Crippen LogP contribution in [0.3, 0.4) is 0 Å². The van der Waals surface area contributed by atoms with Crippen LogP contribution in [-0.4, -0.2) is 19.7 Å². The molecule has 0 aromatic carbocycles. The van der Waals surface area contributed by atoms with E-state index in [1.54, 1.807) is 0 Å². The highest BCUT2D eigenvalue weighted by Crippen LogP contribution is 2.22. The second kappa shape index (κ2) is 2.59. The highest BCUT2D eigenvalue weighted by atomic mass is 31.1. The molecule has 0 aliphatic heterocycles. The zero-order valence-corrected chi connectivity index (χ0v) is 4.43. The molecule has 0 aliphatic rings. The van der Waals surface area contributed by atoms with Gasteiger partial charge >= 0.3 is 0 Å². The van der Waals surface area contributed by atoms with Gasteiger partial charge in [0, 0.05) is 0 Å². The van der Waals surface area contributed by atoms with Crippen molar-refractivity contribution in [2.24, 2.45) is 0 Å². The third-order valence-electron chi connectivity index (χ3n) is 0.239. The molecule has 0 heterocycles. The van der Waals surface area contributed by atoms with Gasteiger partial charge in [0.15, 0.2) is 0 Å². The summed E-state index contributed by atoms with van der Waals surface area (Å²) in [6.07, 6.45) is -0.130. The van der Waals surface area contributed by atoms with Gasteiger partial charge in [-0.2, -0.15) is 0 Å². The fraction of sp³-hybridized carbons (Fsp3) is 1.00. The lowest BCUT2D eigenvalue weighted by molar-refractivity contribution is 0.600. The summed E-state index contributed by atoms with van der Waals surface area (Å²) >= 11 is 0. The monoisotopic (exact) mass is 94.0 g/mol. The zero-order chi connectivity index (χ0) is 4.28. The minimum Gasteiger partial charge on any atom is -0.246 e. The first-order chi connectivity index (χ1) is 2.27. The summed E-state index contributed by atoms with van der Waals surface area (Å²) in [5.74, 6) is 0. The fourth-order valence-electron chi connectivity index (χ4n) is 0. The molecule has 0 fully saturated rings. The van der Waals surface area contributed by atoms with Gasteiger partial charge in [-0.3, -0.25) is 0 Å². The van der Waals surface area contributed by atoms with Crippen molar-refractivity contribution in [3.05, 3.63) is 0 Å². The van der Waals surface area contributed by atoms with Crippen LogP contribution in [0.1, 0.15) is 0 Å². The van der Waals surface area contributed by atoms with Gasteiger partial charge in [-0.25, -0.2) is 4.39 Å². The zero-order valence-electron chi connectivity index (χ0n) is 3.53. The normalized spacial score (nSPS) is 9.60. The Bertz CT molecular complexity index is 20.9. The molecule has 0 bridgehead atoms. The Labute approximate surface area is 33.1 Å². The molecule has 0 aliphatic carbocycles. The molecular weight excluding hydrogens is 86.0 g/mol. The number of hydrogen-bond donors (Lipinski definition) is 0. The molecule has 32 valence electrons. The third-order valence-corrected chi connectivity index (χ3v) is 0.717. The number of hydrogen-bond acceptors (Lipinski definition) is 0. The standard InChI is InChI=1S/C3H8FP/c1-5(2)3-4/h3H2,1-2H3. The molecule has 0 atom stereocenters. The van der Waals surface area contributed by atoms with Gasteiger partial charge in [-0.05, 0) is 13.3 Å². The number of alkyl halides is 1. The fourth-order valence-corrected chi connectivity index (χ4v) is 0. The minimum absolute atomic E-state index is 0.130. The van der Waals surface area contributed by atoms with E-state index in [1.807, 2.05) is 13.3 Å². The maximum Gasteiger partial charge on any atom is 0.108 e. The van der Waals surface area contributed by atoms with Gasteiger partial charge < -0.3 is 0 Å². The molecule has 0 radical (unpaired) electrons. The van der Waals surface area contributed by atoms with E-state index >= 15 is 0 Å². The Morgan fingerprint density at radius 2 is 1.80 bits per heavy atom. The van der Waals surface area contributed by atoms with E-state index in [0.717, 1.165) is 0 Å². The Balaban J connectivity index is 2.54. The van der Waals surface area contributed by atoms with E-state index in [1.165, 1.54) is 0 Å². The molecule has 0 aromatic heterocycles. The predicted octanol–water partition coefficient (Wildman–Crippen LogP) is 1.65. The van der Waals surface area contributed by atoms with E-state index in [0.29, 0.717) is 0 Å². The van der Waals surface area contributed by atoms with Crippen LogP contribution in [0.25, 0.3) is 0 Å². The molecule has 0 spiro atoms. The van der Waals surface area contributed by atoms with Crippen molar-refractivity contribution in [1.29, 1.82) is 0 Å². The quantitative estimate of drug-likeness (QED) is 0.433. The second-order valence-corrected chi connectivity index (χ2v) is 3.60. The number of halogens is 1. The number of rotatable bonds is 1. The smallest absolute Gasteiger partial charge is 0.108 e. The largest absolute Gasteiger partial charge is 0.246 e. The Kier molecular flexibility index (Phi) is 2.78. The van der Waals surface area contributed by atoms with Gasteiger partial charge in [0.1, 0.15) is 6.42 Å². The van der Waals surface area contributed by atoms with Crippen molar-refractivity contribution in [3.63, 3.8) is 0 Å². The average molecular weight is 94.1 g/mol. The Hall–Kier alpha value is 0.360. The molecule has 0 saturated heterocycles. The summed E-state index contributed by atoms with van der Waals surface area (Å²) in [5, 5.41) is 0. The molecular formula is C3H8FP. The van der Waals surface area contributed by atoms with E-state index in [9.17, 15) is 4.39 Å². The molecule has 0 N–H and O–H groups in total. The average Bonchev–Trinajstić information content (AvgIpc) is 1.38. The highest BCUT2D eigenvalue weighted by Gasteiger charge is 1.82. The van der Waals surface area contributed by atoms with Crippen LogP contribution in [-0.2, 0) is 0 Å². The summed E-state index contributed by atoms with van der Waals surface area (Å²) in [6, 6.07) is 0. The molecule has 0 aromatic rings. The lowest BCUT2D eigenvalue weighted by Gasteiger charge is -1.89. The van der Waals surface area contributed by atoms with Crippen LogP contribution in [0, 0.1) is 0 Å². The second-order valence-electron chi connectivity index (χ2n) is 1.20. The molecule has 0 nitrogen and oxygen atoms in total. The van der Waals surface area contributed by atoms with E-state index in [2.05, 4.69) is 0 Å². The van der Waals surface area contributed by atoms with Crippen LogP contribution in [0.5, 0.6) is 0 Å². The van der Waals surface area contributed by atoms with Gasteiger partial charge in [0.2, 0.25) is 0 Å².